The van der Waals surface area contributed by atoms with Gasteiger partial charge in [-0.2, -0.15) is 0 Å². The predicted octanol–water partition coefficient (Wildman–Crippen LogP) is 6.44. The van der Waals surface area contributed by atoms with Crippen LogP contribution in [0.3, 0.4) is 0 Å². The summed E-state index contributed by atoms with van der Waals surface area (Å²) in [6.45, 7) is 14.2. The van der Waals surface area contributed by atoms with Crippen LogP contribution in [0.25, 0.3) is 0 Å². The normalized spacial score (nSPS) is 29.2. The van der Waals surface area contributed by atoms with E-state index in [1.165, 1.54) is 42.6 Å². The molecule has 2 unspecified atom stereocenters. The van der Waals surface area contributed by atoms with Crippen molar-refractivity contribution in [2.24, 2.45) is 16.7 Å². The fraction of sp³-hybridized carbons (Fsp3) is 0.583. The van der Waals surface area contributed by atoms with Gasteiger partial charge in [-0.25, -0.2) is 0 Å². The van der Waals surface area contributed by atoms with Crippen LogP contribution >= 0.6 is 0 Å². The summed E-state index contributed by atoms with van der Waals surface area (Å²) < 4.78 is 0. The molecule has 26 heavy (non-hydrogen) atoms. The van der Waals surface area contributed by atoms with E-state index < -0.39 is 0 Å². The monoisotopic (exact) mass is 350 g/mol. The van der Waals surface area contributed by atoms with Crippen LogP contribution in [0.5, 0.6) is 0 Å². The molecule has 0 amide bonds. The molecule has 0 spiro atoms. The lowest BCUT2D eigenvalue weighted by atomic mass is 9.74. The van der Waals surface area contributed by atoms with Crippen molar-refractivity contribution < 1.29 is 0 Å². The van der Waals surface area contributed by atoms with E-state index in [1.807, 2.05) is 0 Å². The number of aryl methyl sites for hydroxylation is 1. The van der Waals surface area contributed by atoms with Gasteiger partial charge in [0.2, 0.25) is 0 Å². The van der Waals surface area contributed by atoms with Crippen molar-refractivity contribution in [3.05, 3.63) is 53.5 Å². The minimum Gasteiger partial charge on any atom is -0.328 e. The number of anilines is 1. The number of nitrogens with zero attached hydrogens (tertiary/aromatic N) is 2. The van der Waals surface area contributed by atoms with Gasteiger partial charge >= 0.3 is 0 Å². The zero-order valence-corrected chi connectivity index (χ0v) is 17.3. The summed E-state index contributed by atoms with van der Waals surface area (Å²) in [6, 6.07) is 8.85. The molecule has 0 bridgehead atoms. The minimum atomic E-state index is 0.149. The first-order valence-electron chi connectivity index (χ1n) is 10.3. The third-order valence-electron chi connectivity index (χ3n) is 6.91. The molecule has 2 nitrogen and oxygen atoms in total. The summed E-state index contributed by atoms with van der Waals surface area (Å²) in [5, 5.41) is 0. The highest BCUT2D eigenvalue weighted by Crippen LogP contribution is 2.56. The lowest BCUT2D eigenvalue weighted by Gasteiger charge is -2.42. The van der Waals surface area contributed by atoms with Crippen molar-refractivity contribution >= 4 is 5.69 Å². The number of fused-ring (bicyclic) bond motifs is 1. The second-order valence-electron chi connectivity index (χ2n) is 9.82. The smallest absolute Gasteiger partial charge is 0.115 e. The molecule has 3 aliphatic rings. The Morgan fingerprint density at radius 1 is 1.04 bits per heavy atom. The lowest BCUT2D eigenvalue weighted by molar-refractivity contribution is 0.179. The summed E-state index contributed by atoms with van der Waals surface area (Å²) in [7, 11) is 0. The Morgan fingerprint density at radius 2 is 1.69 bits per heavy atom. The van der Waals surface area contributed by atoms with E-state index in [0.717, 1.165) is 5.92 Å². The Balaban J connectivity index is 1.86. The molecule has 0 N–H and O–H groups in total. The highest BCUT2D eigenvalue weighted by atomic mass is 15.4. The van der Waals surface area contributed by atoms with E-state index >= 15 is 0 Å². The second kappa shape index (κ2) is 5.90. The summed E-state index contributed by atoms with van der Waals surface area (Å²) in [5.74, 6) is 0.783. The molecule has 0 radical (unpaired) electrons. The van der Waals surface area contributed by atoms with Crippen LogP contribution < -0.4 is 4.90 Å². The van der Waals surface area contributed by atoms with Gasteiger partial charge in [0.25, 0.3) is 0 Å². The van der Waals surface area contributed by atoms with E-state index in [1.54, 1.807) is 5.70 Å². The molecular weight excluding hydrogens is 316 g/mol. The molecule has 0 saturated heterocycles. The van der Waals surface area contributed by atoms with Crippen molar-refractivity contribution in [1.82, 2.24) is 4.90 Å². The molecule has 1 aliphatic carbocycles. The van der Waals surface area contributed by atoms with E-state index in [2.05, 4.69) is 87.9 Å². The Labute approximate surface area is 159 Å². The van der Waals surface area contributed by atoms with Crippen molar-refractivity contribution in [3.63, 3.8) is 0 Å². The Morgan fingerprint density at radius 3 is 2.31 bits per heavy atom. The number of hydrogen-bond acceptors (Lipinski definition) is 2. The van der Waals surface area contributed by atoms with Gasteiger partial charge in [-0.3, -0.25) is 0 Å². The molecule has 1 fully saturated rings. The van der Waals surface area contributed by atoms with Gasteiger partial charge in [-0.05, 0) is 44.2 Å². The highest BCUT2D eigenvalue weighted by Gasteiger charge is 2.53. The van der Waals surface area contributed by atoms with Gasteiger partial charge in [0.1, 0.15) is 6.17 Å². The molecule has 2 heterocycles. The third-order valence-corrected chi connectivity index (χ3v) is 6.91. The zero-order valence-electron chi connectivity index (χ0n) is 17.3. The van der Waals surface area contributed by atoms with Gasteiger partial charge in [0.15, 0.2) is 0 Å². The summed E-state index contributed by atoms with van der Waals surface area (Å²) in [5.41, 5.74) is 6.03. The van der Waals surface area contributed by atoms with Gasteiger partial charge in [0.05, 0.1) is 0 Å². The number of benzene rings is 1. The van der Waals surface area contributed by atoms with E-state index in [0.29, 0.717) is 6.17 Å². The van der Waals surface area contributed by atoms with Crippen LogP contribution in [0.15, 0.2) is 47.9 Å². The van der Waals surface area contributed by atoms with E-state index in [9.17, 15) is 0 Å². The lowest BCUT2D eigenvalue weighted by Crippen LogP contribution is -2.47. The SMILES string of the molecule is CC1=C2N(C=CC2(C)C2CCCC2)C(C(C)(C)C)N1c1ccccc1C. The van der Waals surface area contributed by atoms with Crippen molar-refractivity contribution in [2.75, 3.05) is 4.90 Å². The van der Waals surface area contributed by atoms with Gasteiger partial charge < -0.3 is 9.80 Å². The molecule has 1 saturated carbocycles. The summed E-state index contributed by atoms with van der Waals surface area (Å²) in [4.78, 5) is 5.21. The molecule has 2 atom stereocenters. The fourth-order valence-corrected chi connectivity index (χ4v) is 5.67. The molecule has 2 aliphatic heterocycles. The average Bonchev–Trinajstić information content (AvgIpc) is 3.26. The molecule has 2 heteroatoms. The fourth-order valence-electron chi connectivity index (χ4n) is 5.67. The second-order valence-corrected chi connectivity index (χ2v) is 9.82. The zero-order chi connectivity index (χ0) is 18.7. The number of para-hydroxylation sites is 1. The van der Waals surface area contributed by atoms with E-state index in [4.69, 9.17) is 0 Å². The number of allylic oxidation sites excluding steroid dienone is 2. The van der Waals surface area contributed by atoms with E-state index in [-0.39, 0.29) is 10.8 Å². The maximum Gasteiger partial charge on any atom is 0.115 e. The average molecular weight is 351 g/mol. The largest absolute Gasteiger partial charge is 0.328 e. The van der Waals surface area contributed by atoms with Crippen LogP contribution in [-0.4, -0.2) is 11.1 Å². The third kappa shape index (κ3) is 2.45. The molecule has 0 aromatic heterocycles. The van der Waals surface area contributed by atoms with Crippen LogP contribution in [0.2, 0.25) is 0 Å². The predicted molar refractivity (Wildman–Crippen MR) is 111 cm³/mol. The maximum atomic E-state index is 2.61. The first kappa shape index (κ1) is 17.7. The van der Waals surface area contributed by atoms with Crippen molar-refractivity contribution in [3.8, 4) is 0 Å². The van der Waals surface area contributed by atoms with Crippen LogP contribution in [0.4, 0.5) is 5.69 Å². The Bertz CT molecular complexity index is 761. The quantitative estimate of drug-likeness (QED) is 0.605. The standard InChI is InChI=1S/C24H34N2/c1-17-11-7-10-14-20(17)26-18(2)21-24(6,19-12-8-9-13-19)15-16-25(21)22(26)23(3,4)5/h7,10-11,14-16,19,22H,8-9,12-13H2,1-6H3. The van der Waals surface area contributed by atoms with Crippen molar-refractivity contribution in [2.45, 2.75) is 73.4 Å². The van der Waals surface area contributed by atoms with Crippen LogP contribution in [0.1, 0.15) is 65.9 Å². The van der Waals surface area contributed by atoms with Gasteiger partial charge in [-0.1, -0.05) is 64.8 Å². The minimum absolute atomic E-state index is 0.149. The Hall–Kier alpha value is -1.70. The summed E-state index contributed by atoms with van der Waals surface area (Å²) in [6.07, 6.45) is 10.8. The van der Waals surface area contributed by atoms with Crippen LogP contribution in [0, 0.1) is 23.7 Å². The molecule has 1 aromatic carbocycles. The van der Waals surface area contributed by atoms with Crippen molar-refractivity contribution in [1.29, 1.82) is 0 Å². The highest BCUT2D eigenvalue weighted by molar-refractivity contribution is 5.63. The number of hydrogen-bond donors (Lipinski definition) is 0. The molecule has 4 rings (SSSR count). The molecule has 140 valence electrons. The molecular formula is C24H34N2. The van der Waals surface area contributed by atoms with Gasteiger partial charge in [-0.15, -0.1) is 0 Å². The number of rotatable bonds is 2. The summed E-state index contributed by atoms with van der Waals surface area (Å²) >= 11 is 0. The maximum absolute atomic E-state index is 2.61. The Kier molecular flexibility index (Phi) is 4.02. The molecule has 1 aromatic rings. The topological polar surface area (TPSA) is 6.48 Å². The first-order chi connectivity index (χ1) is 12.2. The first-order valence-corrected chi connectivity index (χ1v) is 10.3. The van der Waals surface area contributed by atoms with Crippen LogP contribution in [-0.2, 0) is 0 Å². The van der Waals surface area contributed by atoms with Gasteiger partial charge in [0, 0.05) is 34.1 Å².